The molecular weight excluding hydrogens is 258 g/mol. The van der Waals surface area contributed by atoms with Crippen LogP contribution < -0.4 is 10.1 Å². The van der Waals surface area contributed by atoms with Crippen LogP contribution in [0.4, 0.5) is 0 Å². The summed E-state index contributed by atoms with van der Waals surface area (Å²) in [4.78, 5) is 0. The van der Waals surface area contributed by atoms with E-state index >= 15 is 0 Å². The lowest BCUT2D eigenvalue weighted by molar-refractivity contribution is 0.302. The number of hydrogen-bond acceptors (Lipinski definition) is 2. The summed E-state index contributed by atoms with van der Waals surface area (Å²) >= 11 is 0. The van der Waals surface area contributed by atoms with Gasteiger partial charge in [0.15, 0.2) is 0 Å². The van der Waals surface area contributed by atoms with Gasteiger partial charge in [0.05, 0.1) is 6.61 Å². The van der Waals surface area contributed by atoms with Gasteiger partial charge in [-0.1, -0.05) is 48.5 Å². The summed E-state index contributed by atoms with van der Waals surface area (Å²) in [5, 5.41) is 3.17. The van der Waals surface area contributed by atoms with Gasteiger partial charge in [-0.2, -0.15) is 0 Å². The maximum absolute atomic E-state index is 5.97. The molecule has 0 radical (unpaired) electrons. The van der Waals surface area contributed by atoms with E-state index in [1.54, 1.807) is 0 Å². The Morgan fingerprint density at radius 2 is 1.62 bits per heavy atom. The Morgan fingerprint density at radius 3 is 2.43 bits per heavy atom. The SMILES string of the molecule is CNCCCCCOc1ccccc1Cc1ccccc1. The van der Waals surface area contributed by atoms with Gasteiger partial charge in [0, 0.05) is 6.42 Å². The average molecular weight is 283 g/mol. The highest BCUT2D eigenvalue weighted by molar-refractivity contribution is 5.37. The molecule has 0 bridgehead atoms. The van der Waals surface area contributed by atoms with Gasteiger partial charge >= 0.3 is 0 Å². The fraction of sp³-hybridized carbons (Fsp3) is 0.368. The molecule has 2 rings (SSSR count). The van der Waals surface area contributed by atoms with Crippen molar-refractivity contribution < 1.29 is 4.74 Å². The van der Waals surface area contributed by atoms with E-state index in [1.165, 1.54) is 24.0 Å². The zero-order chi connectivity index (χ0) is 14.8. The number of unbranched alkanes of at least 4 members (excludes halogenated alkanes) is 2. The summed E-state index contributed by atoms with van der Waals surface area (Å²) < 4.78 is 5.97. The number of nitrogens with one attached hydrogen (secondary N) is 1. The van der Waals surface area contributed by atoms with Crippen LogP contribution in [0.3, 0.4) is 0 Å². The summed E-state index contributed by atoms with van der Waals surface area (Å²) in [6, 6.07) is 18.9. The lowest BCUT2D eigenvalue weighted by Gasteiger charge is -2.11. The number of para-hydroxylation sites is 1. The second-order valence-corrected chi connectivity index (χ2v) is 5.28. The van der Waals surface area contributed by atoms with Crippen LogP contribution in [0.15, 0.2) is 54.6 Å². The molecule has 0 unspecified atom stereocenters. The van der Waals surface area contributed by atoms with Crippen molar-refractivity contribution in [1.29, 1.82) is 0 Å². The third-order valence-electron chi connectivity index (χ3n) is 3.54. The molecule has 0 fully saturated rings. The molecule has 2 heteroatoms. The van der Waals surface area contributed by atoms with Crippen LogP contribution >= 0.6 is 0 Å². The Bertz CT molecular complexity index is 510. The Morgan fingerprint density at radius 1 is 0.857 bits per heavy atom. The van der Waals surface area contributed by atoms with Crippen LogP contribution in [0.1, 0.15) is 30.4 Å². The van der Waals surface area contributed by atoms with Crippen molar-refractivity contribution in [3.05, 3.63) is 65.7 Å². The first-order chi connectivity index (χ1) is 10.4. The third kappa shape index (κ3) is 5.60. The molecule has 0 amide bonds. The molecule has 0 spiro atoms. The van der Waals surface area contributed by atoms with Gasteiger partial charge in [-0.25, -0.2) is 0 Å². The highest BCUT2D eigenvalue weighted by Gasteiger charge is 2.04. The molecule has 2 aromatic carbocycles. The lowest BCUT2D eigenvalue weighted by Crippen LogP contribution is -2.08. The van der Waals surface area contributed by atoms with Crippen LogP contribution in [0.5, 0.6) is 5.75 Å². The maximum atomic E-state index is 5.97. The van der Waals surface area contributed by atoms with Crippen LogP contribution in [0.25, 0.3) is 0 Å². The van der Waals surface area contributed by atoms with Crippen molar-refractivity contribution >= 4 is 0 Å². The van der Waals surface area contributed by atoms with E-state index in [2.05, 4.69) is 53.8 Å². The number of hydrogen-bond donors (Lipinski definition) is 1. The van der Waals surface area contributed by atoms with Crippen molar-refractivity contribution in [1.82, 2.24) is 5.32 Å². The van der Waals surface area contributed by atoms with Crippen molar-refractivity contribution in [2.75, 3.05) is 20.2 Å². The van der Waals surface area contributed by atoms with Crippen molar-refractivity contribution in [2.45, 2.75) is 25.7 Å². The zero-order valence-corrected chi connectivity index (χ0v) is 12.8. The van der Waals surface area contributed by atoms with Crippen LogP contribution in [0, 0.1) is 0 Å². The molecule has 0 saturated carbocycles. The van der Waals surface area contributed by atoms with Crippen LogP contribution in [-0.2, 0) is 6.42 Å². The Labute approximate surface area is 128 Å². The zero-order valence-electron chi connectivity index (χ0n) is 12.8. The lowest BCUT2D eigenvalue weighted by atomic mass is 10.0. The molecule has 0 heterocycles. The first-order valence-corrected chi connectivity index (χ1v) is 7.79. The van der Waals surface area contributed by atoms with Crippen molar-refractivity contribution in [3.8, 4) is 5.75 Å². The molecule has 0 aliphatic heterocycles. The molecule has 1 N–H and O–H groups in total. The van der Waals surface area contributed by atoms with E-state index in [0.29, 0.717) is 0 Å². The molecule has 21 heavy (non-hydrogen) atoms. The molecular formula is C19H25NO. The molecule has 112 valence electrons. The number of benzene rings is 2. The summed E-state index contributed by atoms with van der Waals surface area (Å²) in [6.07, 6.45) is 4.46. The number of ether oxygens (including phenoxy) is 1. The van der Waals surface area contributed by atoms with E-state index in [9.17, 15) is 0 Å². The van der Waals surface area contributed by atoms with E-state index in [-0.39, 0.29) is 0 Å². The van der Waals surface area contributed by atoms with Gasteiger partial charge < -0.3 is 10.1 Å². The molecule has 0 aliphatic carbocycles. The average Bonchev–Trinajstić information content (AvgIpc) is 2.53. The van der Waals surface area contributed by atoms with Crippen molar-refractivity contribution in [3.63, 3.8) is 0 Å². The number of rotatable bonds is 9. The third-order valence-corrected chi connectivity index (χ3v) is 3.54. The standard InChI is InChI=1S/C19H25NO/c1-20-14-8-3-9-15-21-19-13-7-6-12-18(19)16-17-10-4-2-5-11-17/h2,4-7,10-13,20H,3,8-9,14-16H2,1H3. The van der Waals surface area contributed by atoms with Gasteiger partial charge in [-0.05, 0) is 50.0 Å². The Balaban J connectivity index is 1.85. The minimum absolute atomic E-state index is 0.801. The van der Waals surface area contributed by atoms with E-state index < -0.39 is 0 Å². The van der Waals surface area contributed by atoms with Gasteiger partial charge in [-0.3, -0.25) is 0 Å². The summed E-state index contributed by atoms with van der Waals surface area (Å²) in [5.74, 6) is 1.02. The molecule has 0 saturated heterocycles. The molecule has 2 aromatic rings. The van der Waals surface area contributed by atoms with Crippen LogP contribution in [-0.4, -0.2) is 20.2 Å². The largest absolute Gasteiger partial charge is 0.493 e. The van der Waals surface area contributed by atoms with Gasteiger partial charge in [-0.15, -0.1) is 0 Å². The maximum Gasteiger partial charge on any atom is 0.122 e. The minimum Gasteiger partial charge on any atom is -0.493 e. The predicted molar refractivity (Wildman–Crippen MR) is 89.0 cm³/mol. The van der Waals surface area contributed by atoms with E-state index in [1.807, 2.05) is 13.1 Å². The molecule has 0 atom stereocenters. The summed E-state index contributed by atoms with van der Waals surface area (Å²) in [6.45, 7) is 1.89. The quantitative estimate of drug-likeness (QED) is 0.701. The second kappa shape index (κ2) is 9.19. The highest BCUT2D eigenvalue weighted by Crippen LogP contribution is 2.21. The second-order valence-electron chi connectivity index (χ2n) is 5.28. The predicted octanol–water partition coefficient (Wildman–Crippen LogP) is 4.05. The summed E-state index contributed by atoms with van der Waals surface area (Å²) in [7, 11) is 2.00. The molecule has 0 aromatic heterocycles. The Kier molecular flexibility index (Phi) is 6.82. The fourth-order valence-corrected chi connectivity index (χ4v) is 2.37. The minimum atomic E-state index is 0.801. The highest BCUT2D eigenvalue weighted by atomic mass is 16.5. The normalized spacial score (nSPS) is 10.5. The molecule has 2 nitrogen and oxygen atoms in total. The first kappa shape index (κ1) is 15.6. The fourth-order valence-electron chi connectivity index (χ4n) is 2.37. The van der Waals surface area contributed by atoms with Crippen LogP contribution in [0.2, 0.25) is 0 Å². The summed E-state index contributed by atoms with van der Waals surface area (Å²) in [5.41, 5.74) is 2.58. The van der Waals surface area contributed by atoms with E-state index in [4.69, 9.17) is 4.74 Å². The van der Waals surface area contributed by atoms with Gasteiger partial charge in [0.25, 0.3) is 0 Å². The molecule has 0 aliphatic rings. The van der Waals surface area contributed by atoms with Gasteiger partial charge in [0.1, 0.15) is 5.75 Å². The monoisotopic (exact) mass is 283 g/mol. The van der Waals surface area contributed by atoms with Crippen molar-refractivity contribution in [2.24, 2.45) is 0 Å². The topological polar surface area (TPSA) is 21.3 Å². The van der Waals surface area contributed by atoms with Gasteiger partial charge in [0.2, 0.25) is 0 Å². The first-order valence-electron chi connectivity index (χ1n) is 7.79. The Hall–Kier alpha value is -1.80. The van der Waals surface area contributed by atoms with E-state index in [0.717, 1.165) is 31.7 Å². The smallest absolute Gasteiger partial charge is 0.122 e.